The van der Waals surface area contributed by atoms with Crippen LogP contribution < -0.4 is 11.1 Å². The highest BCUT2D eigenvalue weighted by Crippen LogP contribution is 2.33. The zero-order valence-electron chi connectivity index (χ0n) is 14.4. The lowest BCUT2D eigenvalue weighted by Crippen LogP contribution is -2.34. The van der Waals surface area contributed by atoms with Gasteiger partial charge >= 0.3 is 0 Å². The van der Waals surface area contributed by atoms with E-state index in [0.29, 0.717) is 17.8 Å². The molecule has 2 aromatic rings. The van der Waals surface area contributed by atoms with Crippen LogP contribution in [0.1, 0.15) is 40.4 Å². The fraction of sp³-hybridized carbons (Fsp3) is 0.300. The van der Waals surface area contributed by atoms with Crippen LogP contribution in [0.3, 0.4) is 0 Å². The van der Waals surface area contributed by atoms with E-state index >= 15 is 0 Å². The zero-order chi connectivity index (χ0) is 17.8. The molecule has 0 heterocycles. The van der Waals surface area contributed by atoms with E-state index in [1.54, 1.807) is 24.3 Å². The Hall–Kier alpha value is -2.66. The van der Waals surface area contributed by atoms with Gasteiger partial charge in [0.1, 0.15) is 0 Å². The van der Waals surface area contributed by atoms with Gasteiger partial charge in [-0.25, -0.2) is 0 Å². The van der Waals surface area contributed by atoms with Crippen LogP contribution in [0.15, 0.2) is 48.5 Å². The average Bonchev–Trinajstić information content (AvgIpc) is 2.61. The van der Waals surface area contributed by atoms with Crippen LogP contribution in [-0.2, 0) is 11.2 Å². The maximum atomic E-state index is 12.4. The van der Waals surface area contributed by atoms with E-state index in [0.717, 1.165) is 19.3 Å². The van der Waals surface area contributed by atoms with Gasteiger partial charge in [0.05, 0.1) is 6.54 Å². The lowest BCUT2D eigenvalue weighted by Gasteiger charge is -2.32. The molecule has 2 amide bonds. The molecule has 130 valence electrons. The zero-order valence-corrected chi connectivity index (χ0v) is 14.4. The first-order valence-electron chi connectivity index (χ1n) is 8.52. The molecule has 5 nitrogen and oxygen atoms in total. The number of benzene rings is 2. The third kappa shape index (κ3) is 4.06. The number of nitrogens with zero attached hydrogens (tertiary/aromatic N) is 1. The summed E-state index contributed by atoms with van der Waals surface area (Å²) in [6, 6.07) is 15.3. The van der Waals surface area contributed by atoms with Crippen molar-refractivity contribution in [2.75, 3.05) is 18.9 Å². The second kappa shape index (κ2) is 7.49. The van der Waals surface area contributed by atoms with Crippen LogP contribution in [-0.4, -0.2) is 30.3 Å². The predicted octanol–water partition coefficient (Wildman–Crippen LogP) is 2.73. The van der Waals surface area contributed by atoms with Crippen LogP contribution in [0.25, 0.3) is 0 Å². The molecule has 0 saturated carbocycles. The Morgan fingerprint density at radius 3 is 2.60 bits per heavy atom. The van der Waals surface area contributed by atoms with E-state index in [1.165, 1.54) is 11.1 Å². The number of hydrogen-bond acceptors (Lipinski definition) is 3. The molecule has 1 unspecified atom stereocenters. The van der Waals surface area contributed by atoms with Gasteiger partial charge in [0.15, 0.2) is 0 Å². The third-order valence-electron chi connectivity index (χ3n) is 4.72. The molecule has 0 bridgehead atoms. The molecule has 0 aromatic heterocycles. The summed E-state index contributed by atoms with van der Waals surface area (Å²) in [5.74, 6) is -0.550. The van der Waals surface area contributed by atoms with Crippen LogP contribution in [0.2, 0.25) is 0 Å². The predicted molar refractivity (Wildman–Crippen MR) is 98.3 cm³/mol. The monoisotopic (exact) mass is 337 g/mol. The summed E-state index contributed by atoms with van der Waals surface area (Å²) >= 11 is 0. The number of likely N-dealkylation sites (N-methyl/N-ethyl adjacent to an activating group) is 1. The summed E-state index contributed by atoms with van der Waals surface area (Å²) < 4.78 is 0. The number of amides is 2. The molecule has 1 aliphatic rings. The van der Waals surface area contributed by atoms with Crippen LogP contribution in [0, 0.1) is 0 Å². The number of nitrogens with two attached hydrogens (primary N) is 1. The van der Waals surface area contributed by atoms with Crippen molar-refractivity contribution in [1.29, 1.82) is 0 Å². The molecule has 3 N–H and O–H groups in total. The van der Waals surface area contributed by atoms with E-state index in [4.69, 9.17) is 5.73 Å². The molecule has 0 fully saturated rings. The summed E-state index contributed by atoms with van der Waals surface area (Å²) in [5.41, 5.74) is 9.02. The van der Waals surface area contributed by atoms with Gasteiger partial charge < -0.3 is 11.1 Å². The highest BCUT2D eigenvalue weighted by atomic mass is 16.2. The van der Waals surface area contributed by atoms with Gasteiger partial charge in [0.25, 0.3) is 0 Å². The maximum Gasteiger partial charge on any atom is 0.248 e. The molecule has 25 heavy (non-hydrogen) atoms. The van der Waals surface area contributed by atoms with Crippen molar-refractivity contribution in [1.82, 2.24) is 4.90 Å². The van der Waals surface area contributed by atoms with Crippen molar-refractivity contribution in [3.05, 3.63) is 65.2 Å². The molecule has 0 aliphatic heterocycles. The maximum absolute atomic E-state index is 12.4. The molecule has 1 aliphatic carbocycles. The fourth-order valence-electron chi connectivity index (χ4n) is 3.44. The van der Waals surface area contributed by atoms with Crippen LogP contribution in [0.5, 0.6) is 0 Å². The van der Waals surface area contributed by atoms with Crippen molar-refractivity contribution in [3.63, 3.8) is 0 Å². The van der Waals surface area contributed by atoms with E-state index < -0.39 is 5.91 Å². The Balaban J connectivity index is 1.62. The first-order valence-corrected chi connectivity index (χ1v) is 8.52. The number of aryl methyl sites for hydroxylation is 1. The number of hydrogen-bond donors (Lipinski definition) is 2. The van der Waals surface area contributed by atoms with E-state index in [1.807, 2.05) is 7.05 Å². The second-order valence-corrected chi connectivity index (χ2v) is 6.51. The van der Waals surface area contributed by atoms with Crippen molar-refractivity contribution in [2.24, 2.45) is 5.73 Å². The number of primary amides is 1. The number of nitrogens with one attached hydrogen (secondary N) is 1. The van der Waals surface area contributed by atoms with Gasteiger partial charge in [-0.2, -0.15) is 0 Å². The molecule has 0 radical (unpaired) electrons. The molecule has 1 atom stereocenters. The van der Waals surface area contributed by atoms with Gasteiger partial charge in [0.2, 0.25) is 11.8 Å². The lowest BCUT2D eigenvalue weighted by molar-refractivity contribution is -0.117. The standard InChI is InChI=1S/C20H23N3O2/c1-23(18-8-4-6-14-5-2-3-7-17(14)18)13-19(24)22-16-11-9-15(10-12-16)20(21)25/h2-3,5,7,9-12,18H,4,6,8,13H2,1H3,(H2,21,25)(H,22,24). The summed E-state index contributed by atoms with van der Waals surface area (Å²) in [4.78, 5) is 25.5. The van der Waals surface area contributed by atoms with Crippen molar-refractivity contribution >= 4 is 17.5 Å². The second-order valence-electron chi connectivity index (χ2n) is 6.51. The van der Waals surface area contributed by atoms with E-state index in [9.17, 15) is 9.59 Å². The first-order chi connectivity index (χ1) is 12.0. The van der Waals surface area contributed by atoms with Gasteiger partial charge in [-0.3, -0.25) is 14.5 Å². The van der Waals surface area contributed by atoms with Crippen molar-refractivity contribution < 1.29 is 9.59 Å². The normalized spacial score (nSPS) is 16.3. The van der Waals surface area contributed by atoms with Crippen molar-refractivity contribution in [2.45, 2.75) is 25.3 Å². The summed E-state index contributed by atoms with van der Waals surface area (Å²) in [6.45, 7) is 0.316. The van der Waals surface area contributed by atoms with E-state index in [-0.39, 0.29) is 11.9 Å². The topological polar surface area (TPSA) is 75.4 Å². The Bertz CT molecular complexity index is 771. The Labute approximate surface area is 147 Å². The smallest absolute Gasteiger partial charge is 0.248 e. The highest BCUT2D eigenvalue weighted by Gasteiger charge is 2.24. The van der Waals surface area contributed by atoms with E-state index in [2.05, 4.69) is 34.5 Å². The van der Waals surface area contributed by atoms with Gasteiger partial charge in [-0.05, 0) is 61.7 Å². The fourth-order valence-corrected chi connectivity index (χ4v) is 3.44. The molecule has 0 spiro atoms. The molecule has 5 heteroatoms. The molecular weight excluding hydrogens is 314 g/mol. The number of fused-ring (bicyclic) bond motifs is 1. The lowest BCUT2D eigenvalue weighted by atomic mass is 9.87. The average molecular weight is 337 g/mol. The third-order valence-corrected chi connectivity index (χ3v) is 4.72. The molecule has 2 aromatic carbocycles. The minimum absolute atomic E-state index is 0.0719. The van der Waals surface area contributed by atoms with Crippen LogP contribution >= 0.6 is 0 Å². The van der Waals surface area contributed by atoms with Gasteiger partial charge in [-0.1, -0.05) is 24.3 Å². The minimum Gasteiger partial charge on any atom is -0.366 e. The molecule has 0 saturated heterocycles. The first kappa shape index (κ1) is 17.2. The summed E-state index contributed by atoms with van der Waals surface area (Å²) in [5, 5.41) is 2.87. The number of carbonyl (C=O) groups excluding carboxylic acids is 2. The number of rotatable bonds is 5. The largest absolute Gasteiger partial charge is 0.366 e. The number of anilines is 1. The van der Waals surface area contributed by atoms with Crippen molar-refractivity contribution in [3.8, 4) is 0 Å². The molecular formula is C20H23N3O2. The molecule has 3 rings (SSSR count). The minimum atomic E-state index is -0.478. The summed E-state index contributed by atoms with van der Waals surface area (Å²) in [7, 11) is 1.99. The van der Waals surface area contributed by atoms with Crippen LogP contribution in [0.4, 0.5) is 5.69 Å². The van der Waals surface area contributed by atoms with Gasteiger partial charge in [0, 0.05) is 17.3 Å². The SMILES string of the molecule is CN(CC(=O)Nc1ccc(C(N)=O)cc1)C1CCCc2ccccc21. The van der Waals surface area contributed by atoms with Gasteiger partial charge in [-0.15, -0.1) is 0 Å². The Morgan fingerprint density at radius 1 is 1.16 bits per heavy atom. The number of carbonyl (C=O) groups is 2. The summed E-state index contributed by atoms with van der Waals surface area (Å²) in [6.07, 6.45) is 3.31. The Kier molecular flexibility index (Phi) is 5.14. The highest BCUT2D eigenvalue weighted by molar-refractivity contribution is 5.95. The quantitative estimate of drug-likeness (QED) is 0.881. The Morgan fingerprint density at radius 2 is 1.88 bits per heavy atom.